The third-order valence-corrected chi connectivity index (χ3v) is 11.9. The van der Waals surface area contributed by atoms with E-state index in [4.69, 9.17) is 9.68 Å². The molecule has 6 rings (SSSR count). The van der Waals surface area contributed by atoms with E-state index < -0.39 is 20.0 Å². The number of sulfonamides is 2. The second kappa shape index (κ2) is 12.6. The van der Waals surface area contributed by atoms with Crippen LogP contribution in [0.1, 0.15) is 61.9 Å². The van der Waals surface area contributed by atoms with E-state index in [1.165, 1.54) is 0 Å². The maximum Gasteiger partial charge on any atom is 0.243 e. The third kappa shape index (κ3) is 6.62. The van der Waals surface area contributed by atoms with Gasteiger partial charge in [0.25, 0.3) is 0 Å². The molecule has 14 heteroatoms. The van der Waals surface area contributed by atoms with Gasteiger partial charge in [-0.05, 0) is 92.9 Å². The number of hydrogen-bond donors (Lipinski definition) is 0. The summed E-state index contributed by atoms with van der Waals surface area (Å²) in [6, 6.07) is 13.8. The van der Waals surface area contributed by atoms with Gasteiger partial charge >= 0.3 is 0 Å². The van der Waals surface area contributed by atoms with Gasteiger partial charge in [0.2, 0.25) is 20.0 Å². The molecule has 0 N–H and O–H groups in total. The van der Waals surface area contributed by atoms with E-state index in [1.807, 2.05) is 0 Å². The first kappa shape index (κ1) is 29.6. The molecule has 0 aromatic heterocycles. The van der Waals surface area contributed by atoms with Gasteiger partial charge in [-0.15, -0.1) is 0 Å². The lowest BCUT2D eigenvalue weighted by Gasteiger charge is -2.16. The summed E-state index contributed by atoms with van der Waals surface area (Å²) in [6.45, 7) is 2.49. The molecule has 4 aliphatic rings. The van der Waals surface area contributed by atoms with Gasteiger partial charge in [0.1, 0.15) is 9.24 Å². The van der Waals surface area contributed by atoms with Crippen LogP contribution in [0.3, 0.4) is 0 Å². The summed E-state index contributed by atoms with van der Waals surface area (Å²) < 4.78 is 54.2. The highest BCUT2D eigenvalue weighted by atomic mass is 79.9. The van der Waals surface area contributed by atoms with Crippen molar-refractivity contribution in [2.75, 3.05) is 26.2 Å². The molecule has 4 heterocycles. The van der Waals surface area contributed by atoms with Gasteiger partial charge in [-0.1, -0.05) is 34.6 Å². The fourth-order valence-electron chi connectivity index (χ4n) is 4.92. The molecule has 0 unspecified atom stereocenters. The first-order valence-corrected chi connectivity index (χ1v) is 17.6. The molecular formula is C26H30Br2N4O6S2. The topological polar surface area (TPSA) is 118 Å². The lowest BCUT2D eigenvalue weighted by molar-refractivity contribution is 0.0856. The molecule has 2 fully saturated rings. The average molecular weight is 718 g/mol. The molecule has 0 amide bonds. The van der Waals surface area contributed by atoms with E-state index >= 15 is 0 Å². The summed E-state index contributed by atoms with van der Waals surface area (Å²) in [4.78, 5) is 11.2. The van der Waals surface area contributed by atoms with Crippen molar-refractivity contribution in [2.24, 2.45) is 10.3 Å². The van der Waals surface area contributed by atoms with Crippen LogP contribution in [-0.4, -0.2) is 60.9 Å². The first-order valence-electron chi connectivity index (χ1n) is 13.1. The number of hydrogen-bond acceptors (Lipinski definition) is 8. The van der Waals surface area contributed by atoms with Gasteiger partial charge < -0.3 is 9.68 Å². The molecule has 2 aromatic carbocycles. The van der Waals surface area contributed by atoms with Gasteiger partial charge in [-0.3, -0.25) is 0 Å². The van der Waals surface area contributed by atoms with E-state index in [-0.39, 0.29) is 12.2 Å². The number of halogens is 2. The average Bonchev–Trinajstić information content (AvgIpc) is 3.77. The number of oxime groups is 2. The summed E-state index contributed by atoms with van der Waals surface area (Å²) in [6.07, 6.45) is 4.87. The maximum absolute atomic E-state index is 12.4. The Kier molecular flexibility index (Phi) is 9.32. The quantitative estimate of drug-likeness (QED) is 0.401. The van der Waals surface area contributed by atoms with Crippen molar-refractivity contribution in [3.63, 3.8) is 0 Å². The van der Waals surface area contributed by atoms with E-state index in [0.717, 1.165) is 46.1 Å². The molecule has 2 aromatic rings. The molecule has 2 saturated heterocycles. The molecule has 2 atom stereocenters. The van der Waals surface area contributed by atoms with Crippen LogP contribution in [0, 0.1) is 0 Å². The Labute approximate surface area is 251 Å². The van der Waals surface area contributed by atoms with Crippen molar-refractivity contribution in [3.05, 3.63) is 59.7 Å². The van der Waals surface area contributed by atoms with Crippen molar-refractivity contribution in [3.8, 4) is 0 Å². The molecule has 0 bridgehead atoms. The molecule has 216 valence electrons. The van der Waals surface area contributed by atoms with Crippen molar-refractivity contribution in [1.82, 2.24) is 8.61 Å². The first-order chi connectivity index (χ1) is 19.1. The Bertz CT molecular complexity index is 1360. The van der Waals surface area contributed by atoms with E-state index in [0.29, 0.717) is 48.8 Å². The highest BCUT2D eigenvalue weighted by molar-refractivity contribution is 9.18. The minimum Gasteiger partial charge on any atom is -0.386 e. The van der Waals surface area contributed by atoms with Crippen LogP contribution < -0.4 is 0 Å². The summed E-state index contributed by atoms with van der Waals surface area (Å²) in [7, 11) is -6.67. The molecule has 4 aliphatic heterocycles. The van der Waals surface area contributed by atoms with Gasteiger partial charge in [0, 0.05) is 39.0 Å². The lowest BCUT2D eigenvalue weighted by Crippen LogP contribution is -2.27. The Hall–Kier alpha value is -1.84. The van der Waals surface area contributed by atoms with Crippen LogP contribution in [0.4, 0.5) is 0 Å². The normalized spacial score (nSPS) is 23.6. The fraction of sp³-hybridized carbons (Fsp3) is 0.462. The molecule has 40 heavy (non-hydrogen) atoms. The predicted molar refractivity (Wildman–Crippen MR) is 158 cm³/mol. The maximum atomic E-state index is 12.4. The zero-order valence-corrected chi connectivity index (χ0v) is 26.5. The summed E-state index contributed by atoms with van der Waals surface area (Å²) in [5.41, 5.74) is 1.87. The van der Waals surface area contributed by atoms with E-state index in [9.17, 15) is 16.8 Å². The smallest absolute Gasteiger partial charge is 0.243 e. The van der Waals surface area contributed by atoms with Crippen LogP contribution in [0.15, 0.2) is 68.6 Å². The molecule has 10 nitrogen and oxygen atoms in total. The van der Waals surface area contributed by atoms with Crippen LogP contribution >= 0.6 is 31.9 Å². The molecule has 0 saturated carbocycles. The van der Waals surface area contributed by atoms with Gasteiger partial charge in [0.15, 0.2) is 12.2 Å². The fourth-order valence-corrected chi connectivity index (χ4v) is 8.71. The zero-order valence-electron chi connectivity index (χ0n) is 21.7. The number of benzene rings is 2. The monoisotopic (exact) mass is 716 g/mol. The number of rotatable bonds is 6. The minimum atomic E-state index is -3.34. The van der Waals surface area contributed by atoms with Gasteiger partial charge in [-0.2, -0.15) is 8.61 Å². The van der Waals surface area contributed by atoms with E-state index in [2.05, 4.69) is 42.2 Å². The third-order valence-electron chi connectivity index (χ3n) is 7.18. The standard InChI is InChI=1S/2C13H15BrN2O3S/c2*14-13-9-12(19-15-13)10-3-5-11(6-4-10)20(17,18)16-7-1-2-8-16/h2*3-6,12H,1-2,7-9H2/t2*12-/m10/s1. The minimum absolute atomic E-state index is 0.132. The second-order valence-electron chi connectivity index (χ2n) is 9.89. The van der Waals surface area contributed by atoms with Crippen molar-refractivity contribution in [1.29, 1.82) is 0 Å². The van der Waals surface area contributed by atoms with Crippen molar-refractivity contribution < 1.29 is 26.5 Å². The molecule has 0 aliphatic carbocycles. The zero-order chi connectivity index (χ0) is 28.3. The Morgan fingerprint density at radius 3 is 1.20 bits per heavy atom. The van der Waals surface area contributed by atoms with Crippen LogP contribution in [0.5, 0.6) is 0 Å². The lowest BCUT2D eigenvalue weighted by atomic mass is 10.1. The summed E-state index contributed by atoms with van der Waals surface area (Å²) in [5.74, 6) is 0. The van der Waals surface area contributed by atoms with Crippen LogP contribution in [0.25, 0.3) is 0 Å². The van der Waals surface area contributed by atoms with Gasteiger partial charge in [-0.25, -0.2) is 16.8 Å². The Balaban J connectivity index is 0.000000161. The van der Waals surface area contributed by atoms with Crippen LogP contribution in [-0.2, 0) is 29.7 Å². The Morgan fingerprint density at radius 1 is 0.600 bits per heavy atom. The molecule has 0 spiro atoms. The highest BCUT2D eigenvalue weighted by Crippen LogP contribution is 2.31. The highest BCUT2D eigenvalue weighted by Gasteiger charge is 2.29. The summed E-state index contributed by atoms with van der Waals surface area (Å²) >= 11 is 6.58. The molecular weight excluding hydrogens is 688 g/mol. The van der Waals surface area contributed by atoms with Crippen molar-refractivity contribution in [2.45, 2.75) is 60.5 Å². The summed E-state index contributed by atoms with van der Waals surface area (Å²) in [5, 5.41) is 7.67. The Morgan fingerprint density at radius 2 is 0.925 bits per heavy atom. The van der Waals surface area contributed by atoms with Gasteiger partial charge in [0.05, 0.1) is 9.79 Å². The second-order valence-corrected chi connectivity index (χ2v) is 15.6. The predicted octanol–water partition coefficient (Wildman–Crippen LogP) is 5.28. The number of nitrogens with zero attached hydrogens (tertiary/aromatic N) is 4. The van der Waals surface area contributed by atoms with E-state index in [1.54, 1.807) is 57.1 Å². The van der Waals surface area contributed by atoms with Crippen LogP contribution in [0.2, 0.25) is 0 Å². The largest absolute Gasteiger partial charge is 0.386 e. The van der Waals surface area contributed by atoms with Crippen molar-refractivity contribution >= 4 is 61.1 Å². The SMILES string of the molecule is O=S(=O)(c1ccc([C@@H]2CC(Br)=NO2)cc1)N1CCCC1.O=S(=O)(c1ccc([C@H]2CC(Br)=NO2)cc1)N1CCCC1. The molecule has 0 radical (unpaired) electrons.